The lowest BCUT2D eigenvalue weighted by Gasteiger charge is -2.25. The van der Waals surface area contributed by atoms with E-state index in [2.05, 4.69) is 11.9 Å². The van der Waals surface area contributed by atoms with E-state index in [1.807, 2.05) is 38.1 Å². The zero-order valence-corrected chi connectivity index (χ0v) is 11.8. The number of rotatable bonds is 6. The van der Waals surface area contributed by atoms with E-state index in [9.17, 15) is 9.59 Å². The summed E-state index contributed by atoms with van der Waals surface area (Å²) in [4.78, 5) is 24.8. The summed E-state index contributed by atoms with van der Waals surface area (Å²) in [6, 6.07) is 6.10. The quantitative estimate of drug-likeness (QED) is 0.784. The second kappa shape index (κ2) is 7.33. The van der Waals surface area contributed by atoms with Crippen LogP contribution in [-0.2, 0) is 4.79 Å². The van der Waals surface area contributed by atoms with Crippen molar-refractivity contribution in [2.75, 3.05) is 11.4 Å². The molecule has 1 aromatic carbocycles. The highest BCUT2D eigenvalue weighted by Gasteiger charge is 2.22. The van der Waals surface area contributed by atoms with Gasteiger partial charge in [-0.15, -0.1) is 6.58 Å². The minimum atomic E-state index is -1.07. The molecule has 0 fully saturated rings. The van der Waals surface area contributed by atoms with E-state index < -0.39 is 18.0 Å². The number of aryl methyl sites for hydroxylation is 1. The number of amides is 2. The van der Waals surface area contributed by atoms with Crippen LogP contribution in [0.2, 0.25) is 0 Å². The summed E-state index contributed by atoms with van der Waals surface area (Å²) in [5.74, 6) is -1.07. The molecule has 0 saturated heterocycles. The van der Waals surface area contributed by atoms with E-state index in [1.165, 1.54) is 11.0 Å². The molecule has 1 aromatic rings. The molecule has 5 heteroatoms. The van der Waals surface area contributed by atoms with E-state index in [-0.39, 0.29) is 6.42 Å². The number of urea groups is 1. The lowest BCUT2D eigenvalue weighted by atomic mass is 10.2. The van der Waals surface area contributed by atoms with Crippen LogP contribution in [0.15, 0.2) is 36.9 Å². The Labute approximate surface area is 118 Å². The van der Waals surface area contributed by atoms with E-state index in [4.69, 9.17) is 5.11 Å². The first-order valence-electron chi connectivity index (χ1n) is 6.48. The number of carbonyl (C=O) groups excluding carboxylic acids is 1. The number of carbonyl (C=O) groups is 2. The summed E-state index contributed by atoms with van der Waals surface area (Å²) in [5, 5.41) is 11.6. The fourth-order valence-electron chi connectivity index (χ4n) is 1.90. The van der Waals surface area contributed by atoms with Gasteiger partial charge in [0, 0.05) is 12.2 Å². The van der Waals surface area contributed by atoms with Crippen LogP contribution in [-0.4, -0.2) is 29.7 Å². The molecule has 0 radical (unpaired) electrons. The average molecular weight is 276 g/mol. The highest BCUT2D eigenvalue weighted by Crippen LogP contribution is 2.19. The van der Waals surface area contributed by atoms with E-state index in [0.717, 1.165) is 11.3 Å². The number of benzene rings is 1. The van der Waals surface area contributed by atoms with Crippen molar-refractivity contribution >= 4 is 17.7 Å². The molecule has 0 aliphatic rings. The van der Waals surface area contributed by atoms with Gasteiger partial charge in [0.05, 0.1) is 0 Å². The Balaban J connectivity index is 2.90. The van der Waals surface area contributed by atoms with Gasteiger partial charge in [-0.25, -0.2) is 9.59 Å². The molecule has 1 atom stereocenters. The van der Waals surface area contributed by atoms with Gasteiger partial charge < -0.3 is 10.4 Å². The number of nitrogens with zero attached hydrogens (tertiary/aromatic N) is 1. The fraction of sp³-hybridized carbons (Fsp3) is 0.333. The Kier molecular flexibility index (Phi) is 5.77. The van der Waals surface area contributed by atoms with Gasteiger partial charge in [0.2, 0.25) is 0 Å². The lowest BCUT2D eigenvalue weighted by Crippen LogP contribution is -2.48. The number of aliphatic carboxylic acids is 1. The largest absolute Gasteiger partial charge is 0.480 e. The number of hydrogen-bond acceptors (Lipinski definition) is 2. The van der Waals surface area contributed by atoms with Gasteiger partial charge >= 0.3 is 12.0 Å². The van der Waals surface area contributed by atoms with Crippen LogP contribution in [0.25, 0.3) is 0 Å². The molecule has 0 aliphatic carbocycles. The Bertz CT molecular complexity index is 500. The molecular formula is C15H20N2O3. The number of carboxylic acids is 1. The molecule has 1 rings (SSSR count). The van der Waals surface area contributed by atoms with Gasteiger partial charge in [0.25, 0.3) is 0 Å². The van der Waals surface area contributed by atoms with Crippen LogP contribution in [0.1, 0.15) is 18.9 Å². The predicted molar refractivity (Wildman–Crippen MR) is 79.0 cm³/mol. The molecule has 0 aliphatic heterocycles. The van der Waals surface area contributed by atoms with E-state index in [1.54, 1.807) is 0 Å². The number of hydrogen-bond donors (Lipinski definition) is 2. The molecule has 0 spiro atoms. The Morgan fingerprint density at radius 3 is 2.60 bits per heavy atom. The van der Waals surface area contributed by atoms with Gasteiger partial charge in [0.15, 0.2) is 0 Å². The van der Waals surface area contributed by atoms with Gasteiger partial charge in [-0.1, -0.05) is 24.3 Å². The van der Waals surface area contributed by atoms with Crippen molar-refractivity contribution in [1.82, 2.24) is 5.32 Å². The Hall–Kier alpha value is -2.30. The summed E-state index contributed by atoms with van der Waals surface area (Å²) < 4.78 is 0. The maximum absolute atomic E-state index is 12.2. The van der Waals surface area contributed by atoms with Gasteiger partial charge in [0.1, 0.15) is 6.04 Å². The SMILES string of the molecule is C=CCC(NC(=O)N(CC)c1ccccc1C)C(=O)O. The number of carboxylic acid groups (broad SMARTS) is 1. The predicted octanol–water partition coefficient (Wildman–Crippen LogP) is 2.56. The maximum atomic E-state index is 12.2. The first-order chi connectivity index (χ1) is 9.51. The second-order valence-electron chi connectivity index (χ2n) is 4.40. The van der Waals surface area contributed by atoms with E-state index in [0.29, 0.717) is 6.54 Å². The van der Waals surface area contributed by atoms with Crippen molar-refractivity contribution in [3.63, 3.8) is 0 Å². The van der Waals surface area contributed by atoms with Crippen molar-refractivity contribution in [3.8, 4) is 0 Å². The van der Waals surface area contributed by atoms with Crippen molar-refractivity contribution in [2.45, 2.75) is 26.3 Å². The zero-order chi connectivity index (χ0) is 15.1. The van der Waals surface area contributed by atoms with Gasteiger partial charge in [-0.3, -0.25) is 4.90 Å². The summed E-state index contributed by atoms with van der Waals surface area (Å²) >= 11 is 0. The first-order valence-corrected chi connectivity index (χ1v) is 6.48. The number of anilines is 1. The van der Waals surface area contributed by atoms with Crippen molar-refractivity contribution < 1.29 is 14.7 Å². The molecule has 5 nitrogen and oxygen atoms in total. The molecule has 0 heterocycles. The number of para-hydroxylation sites is 1. The summed E-state index contributed by atoms with van der Waals surface area (Å²) in [6.45, 7) is 7.70. The standard InChI is InChI=1S/C15H20N2O3/c1-4-8-12(14(18)19)16-15(20)17(5-2)13-10-7-6-9-11(13)3/h4,6-7,9-10,12H,1,5,8H2,2-3H3,(H,16,20)(H,18,19). The Morgan fingerprint density at radius 2 is 2.10 bits per heavy atom. The molecule has 2 N–H and O–H groups in total. The highest BCUT2D eigenvalue weighted by atomic mass is 16.4. The molecule has 20 heavy (non-hydrogen) atoms. The van der Waals surface area contributed by atoms with Crippen molar-refractivity contribution in [3.05, 3.63) is 42.5 Å². The minimum Gasteiger partial charge on any atom is -0.480 e. The Morgan fingerprint density at radius 1 is 1.45 bits per heavy atom. The van der Waals surface area contributed by atoms with Crippen LogP contribution in [0.3, 0.4) is 0 Å². The topological polar surface area (TPSA) is 69.6 Å². The van der Waals surface area contributed by atoms with Crippen LogP contribution in [0.5, 0.6) is 0 Å². The lowest BCUT2D eigenvalue weighted by molar-refractivity contribution is -0.139. The molecule has 2 amide bonds. The monoisotopic (exact) mass is 276 g/mol. The third-order valence-electron chi connectivity index (χ3n) is 2.97. The normalized spacial score (nSPS) is 11.5. The summed E-state index contributed by atoms with van der Waals surface area (Å²) in [6.07, 6.45) is 1.66. The van der Waals surface area contributed by atoms with Crippen molar-refractivity contribution in [2.24, 2.45) is 0 Å². The smallest absolute Gasteiger partial charge is 0.326 e. The van der Waals surface area contributed by atoms with Gasteiger partial charge in [-0.2, -0.15) is 0 Å². The minimum absolute atomic E-state index is 0.187. The summed E-state index contributed by atoms with van der Waals surface area (Å²) in [5.41, 5.74) is 1.73. The third kappa shape index (κ3) is 3.85. The first kappa shape index (κ1) is 15.8. The zero-order valence-electron chi connectivity index (χ0n) is 11.8. The van der Waals surface area contributed by atoms with Crippen LogP contribution >= 0.6 is 0 Å². The third-order valence-corrected chi connectivity index (χ3v) is 2.97. The van der Waals surface area contributed by atoms with Crippen molar-refractivity contribution in [1.29, 1.82) is 0 Å². The van der Waals surface area contributed by atoms with Gasteiger partial charge in [-0.05, 0) is 31.9 Å². The molecule has 0 bridgehead atoms. The average Bonchev–Trinajstić information content (AvgIpc) is 2.41. The molecule has 0 aromatic heterocycles. The maximum Gasteiger partial charge on any atom is 0.326 e. The van der Waals surface area contributed by atoms with E-state index >= 15 is 0 Å². The van der Waals surface area contributed by atoms with Crippen LogP contribution in [0, 0.1) is 6.92 Å². The molecular weight excluding hydrogens is 256 g/mol. The number of nitrogens with one attached hydrogen (secondary N) is 1. The molecule has 1 unspecified atom stereocenters. The second-order valence-corrected chi connectivity index (χ2v) is 4.40. The highest BCUT2D eigenvalue weighted by molar-refractivity contribution is 5.95. The summed E-state index contributed by atoms with van der Waals surface area (Å²) in [7, 11) is 0. The molecule has 108 valence electrons. The van der Waals surface area contributed by atoms with Crippen LogP contribution in [0.4, 0.5) is 10.5 Å². The van der Waals surface area contributed by atoms with Crippen LogP contribution < -0.4 is 10.2 Å². The molecule has 0 saturated carbocycles. The fourth-order valence-corrected chi connectivity index (χ4v) is 1.90.